The molecule has 2 aromatic rings. The molecule has 2 N–H and O–H groups in total. The van der Waals surface area contributed by atoms with Crippen LogP contribution in [0.5, 0.6) is 0 Å². The van der Waals surface area contributed by atoms with Gasteiger partial charge in [0.25, 0.3) is 0 Å². The predicted octanol–water partition coefficient (Wildman–Crippen LogP) is 6.25. The van der Waals surface area contributed by atoms with Gasteiger partial charge in [0.2, 0.25) is 0 Å². The van der Waals surface area contributed by atoms with Crippen LogP contribution >= 0.6 is 34.8 Å². The van der Waals surface area contributed by atoms with Gasteiger partial charge in [0.15, 0.2) is 0 Å². The highest BCUT2D eigenvalue weighted by Gasteiger charge is 2.27. The topological polar surface area (TPSA) is 38.7 Å². The first-order chi connectivity index (χ1) is 14.9. The van der Waals surface area contributed by atoms with E-state index in [2.05, 4.69) is 34.2 Å². The first-order valence-electron chi connectivity index (χ1n) is 11.1. The lowest BCUT2D eigenvalue weighted by Crippen LogP contribution is -2.51. The smallest absolute Gasteiger partial charge is 0.0639 e. The number of nitrogens with one attached hydrogen (secondary N) is 1. The Labute approximate surface area is 200 Å². The monoisotopic (exact) mass is 481 g/mol. The summed E-state index contributed by atoms with van der Waals surface area (Å²) < 4.78 is 0. The fourth-order valence-corrected chi connectivity index (χ4v) is 5.50. The highest BCUT2D eigenvalue weighted by Crippen LogP contribution is 2.34. The predicted molar refractivity (Wildman–Crippen MR) is 132 cm³/mol. The molecule has 4 nitrogen and oxygen atoms in total. The minimum absolute atomic E-state index is 0.00369. The van der Waals surface area contributed by atoms with Crippen molar-refractivity contribution < 1.29 is 5.11 Å². The molecule has 168 valence electrons. The van der Waals surface area contributed by atoms with Gasteiger partial charge in [-0.15, -0.1) is 0 Å². The molecule has 1 saturated heterocycles. The molecule has 31 heavy (non-hydrogen) atoms. The molecule has 0 aromatic heterocycles. The summed E-state index contributed by atoms with van der Waals surface area (Å²) in [5.74, 6) is 0. The molecule has 0 spiro atoms. The molecule has 1 aliphatic heterocycles. The van der Waals surface area contributed by atoms with Gasteiger partial charge >= 0.3 is 0 Å². The van der Waals surface area contributed by atoms with Gasteiger partial charge in [-0.2, -0.15) is 0 Å². The second kappa shape index (κ2) is 10.2. The van der Waals surface area contributed by atoms with Crippen LogP contribution in [0.3, 0.4) is 0 Å². The van der Waals surface area contributed by atoms with E-state index in [-0.39, 0.29) is 12.1 Å². The Bertz CT molecular complexity index is 894. The summed E-state index contributed by atoms with van der Waals surface area (Å²) in [6.07, 6.45) is 4.00. The number of aliphatic hydroxyl groups is 1. The van der Waals surface area contributed by atoms with Crippen molar-refractivity contribution in [3.8, 4) is 0 Å². The van der Waals surface area contributed by atoms with Crippen LogP contribution in [0, 0.1) is 0 Å². The van der Waals surface area contributed by atoms with E-state index in [1.54, 1.807) is 6.07 Å². The summed E-state index contributed by atoms with van der Waals surface area (Å²) >= 11 is 18.9. The SMILES string of the molecule is C[C@@H](Nc1cc(N2CCN([C@H]3CC[C@@H](O)CC3)CC2)ccc1Cl)c1ccc(Cl)cc1Cl. The van der Waals surface area contributed by atoms with E-state index in [9.17, 15) is 5.11 Å². The zero-order valence-electron chi connectivity index (χ0n) is 17.8. The molecular weight excluding hydrogens is 453 g/mol. The van der Waals surface area contributed by atoms with Crippen molar-refractivity contribution in [3.63, 3.8) is 0 Å². The van der Waals surface area contributed by atoms with Gasteiger partial charge in [-0.25, -0.2) is 0 Å². The van der Waals surface area contributed by atoms with Crippen molar-refractivity contribution in [2.75, 3.05) is 36.4 Å². The van der Waals surface area contributed by atoms with Crippen molar-refractivity contribution >= 4 is 46.2 Å². The van der Waals surface area contributed by atoms with Crippen LogP contribution in [0.4, 0.5) is 11.4 Å². The number of hydrogen-bond acceptors (Lipinski definition) is 4. The van der Waals surface area contributed by atoms with Crippen molar-refractivity contribution in [3.05, 3.63) is 57.0 Å². The summed E-state index contributed by atoms with van der Waals surface area (Å²) in [4.78, 5) is 5.03. The normalized spacial score (nSPS) is 23.6. The maximum Gasteiger partial charge on any atom is 0.0639 e. The molecule has 2 fully saturated rings. The van der Waals surface area contributed by atoms with Gasteiger partial charge in [0.05, 0.1) is 22.9 Å². The van der Waals surface area contributed by atoms with E-state index in [4.69, 9.17) is 34.8 Å². The molecule has 2 aromatic carbocycles. The first-order valence-corrected chi connectivity index (χ1v) is 12.2. The van der Waals surface area contributed by atoms with Crippen LogP contribution in [0.2, 0.25) is 15.1 Å². The van der Waals surface area contributed by atoms with Crippen LogP contribution in [0.1, 0.15) is 44.2 Å². The highest BCUT2D eigenvalue weighted by molar-refractivity contribution is 6.35. The quantitative estimate of drug-likeness (QED) is 0.528. The Hall–Kier alpha value is -1.17. The van der Waals surface area contributed by atoms with Crippen LogP contribution in [-0.4, -0.2) is 48.3 Å². The van der Waals surface area contributed by atoms with Gasteiger partial charge in [0.1, 0.15) is 0 Å². The zero-order chi connectivity index (χ0) is 22.0. The molecule has 1 saturated carbocycles. The molecule has 0 amide bonds. The van der Waals surface area contributed by atoms with Gasteiger partial charge in [-0.3, -0.25) is 4.90 Å². The molecule has 1 atom stereocenters. The highest BCUT2D eigenvalue weighted by atomic mass is 35.5. The first kappa shape index (κ1) is 23.0. The number of nitrogens with zero attached hydrogens (tertiary/aromatic N) is 2. The Morgan fingerprint density at radius 3 is 2.29 bits per heavy atom. The molecule has 4 rings (SSSR count). The van der Waals surface area contributed by atoms with Gasteiger partial charge < -0.3 is 15.3 Å². The molecule has 0 radical (unpaired) electrons. The number of aliphatic hydroxyl groups excluding tert-OH is 1. The maximum atomic E-state index is 9.77. The largest absolute Gasteiger partial charge is 0.393 e. The van der Waals surface area contributed by atoms with Gasteiger partial charge in [-0.05, 0) is 68.5 Å². The summed E-state index contributed by atoms with van der Waals surface area (Å²) in [5, 5.41) is 15.2. The Morgan fingerprint density at radius 2 is 1.61 bits per heavy atom. The Balaban J connectivity index is 1.40. The number of anilines is 2. The van der Waals surface area contributed by atoms with Gasteiger partial charge in [0, 0.05) is 48.0 Å². The number of benzene rings is 2. The molecule has 7 heteroatoms. The molecule has 0 bridgehead atoms. The van der Waals surface area contributed by atoms with Gasteiger partial charge in [-0.1, -0.05) is 40.9 Å². The van der Waals surface area contributed by atoms with Crippen LogP contribution < -0.4 is 10.2 Å². The van der Waals surface area contributed by atoms with E-state index in [1.165, 1.54) is 5.69 Å². The van der Waals surface area contributed by atoms with Crippen LogP contribution in [-0.2, 0) is 0 Å². The van der Waals surface area contributed by atoms with E-state index < -0.39 is 0 Å². The Kier molecular flexibility index (Phi) is 7.56. The van der Waals surface area contributed by atoms with E-state index in [0.717, 1.165) is 63.1 Å². The zero-order valence-corrected chi connectivity index (χ0v) is 20.1. The minimum atomic E-state index is -0.0947. The standard InChI is InChI=1S/C24H30Cl3N3O/c1-16(21-8-2-17(25)14-23(21)27)28-24-15-19(5-9-22(24)26)30-12-10-29(11-13-30)18-3-6-20(31)7-4-18/h2,5,8-9,14-16,18,20,28,31H,3-4,6-7,10-13H2,1H3/t16-,18-,20+/m1/s1. The molecular formula is C24H30Cl3N3O. The molecule has 2 aliphatic rings. The van der Waals surface area contributed by atoms with Crippen molar-refractivity contribution in [2.45, 2.75) is 50.8 Å². The van der Waals surface area contributed by atoms with E-state index in [1.807, 2.05) is 18.2 Å². The van der Waals surface area contributed by atoms with Crippen molar-refractivity contribution in [1.29, 1.82) is 0 Å². The summed E-state index contributed by atoms with van der Waals surface area (Å²) in [6.45, 7) is 6.18. The summed E-state index contributed by atoms with van der Waals surface area (Å²) in [7, 11) is 0. The molecule has 0 unspecified atom stereocenters. The lowest BCUT2D eigenvalue weighted by Gasteiger charge is -2.42. The molecule has 1 aliphatic carbocycles. The number of halogens is 3. The second-order valence-electron chi connectivity index (χ2n) is 8.68. The van der Waals surface area contributed by atoms with Crippen molar-refractivity contribution in [2.24, 2.45) is 0 Å². The third-order valence-electron chi connectivity index (χ3n) is 6.61. The van der Waals surface area contributed by atoms with Crippen LogP contribution in [0.25, 0.3) is 0 Å². The second-order valence-corrected chi connectivity index (χ2v) is 9.93. The minimum Gasteiger partial charge on any atom is -0.393 e. The molecule has 1 heterocycles. The van der Waals surface area contributed by atoms with E-state index >= 15 is 0 Å². The van der Waals surface area contributed by atoms with E-state index in [0.29, 0.717) is 21.1 Å². The Morgan fingerprint density at radius 1 is 0.903 bits per heavy atom. The average molecular weight is 483 g/mol. The van der Waals surface area contributed by atoms with Crippen molar-refractivity contribution in [1.82, 2.24) is 4.90 Å². The lowest BCUT2D eigenvalue weighted by atomic mass is 9.91. The van der Waals surface area contributed by atoms with Crippen LogP contribution in [0.15, 0.2) is 36.4 Å². The fourth-order valence-electron chi connectivity index (χ4n) is 4.75. The number of hydrogen-bond donors (Lipinski definition) is 2. The third-order valence-corrected chi connectivity index (χ3v) is 7.51. The number of rotatable bonds is 5. The summed E-state index contributed by atoms with van der Waals surface area (Å²) in [6, 6.07) is 12.4. The number of piperazine rings is 1. The lowest BCUT2D eigenvalue weighted by molar-refractivity contribution is 0.0711. The summed E-state index contributed by atoms with van der Waals surface area (Å²) in [5.41, 5.74) is 3.07. The third kappa shape index (κ3) is 5.61. The fraction of sp³-hybridized carbons (Fsp3) is 0.500. The maximum absolute atomic E-state index is 9.77. The average Bonchev–Trinajstić information content (AvgIpc) is 2.76.